The van der Waals surface area contributed by atoms with Gasteiger partial charge in [0, 0.05) is 25.2 Å². The minimum Gasteiger partial charge on any atom is -0.465 e. The first-order valence-corrected chi connectivity index (χ1v) is 8.44. The van der Waals surface area contributed by atoms with Crippen molar-refractivity contribution < 1.29 is 15.0 Å². The average molecular weight is 353 g/mol. The molecule has 26 heavy (non-hydrogen) atoms. The minimum absolute atomic E-state index is 0.0501. The van der Waals surface area contributed by atoms with Gasteiger partial charge >= 0.3 is 6.09 Å². The van der Waals surface area contributed by atoms with Gasteiger partial charge in [-0.2, -0.15) is 4.98 Å². The van der Waals surface area contributed by atoms with Gasteiger partial charge in [-0.05, 0) is 24.1 Å². The monoisotopic (exact) mass is 353 g/mol. The first kappa shape index (κ1) is 16.5. The Labute approximate surface area is 149 Å². The molecule has 1 atom stereocenters. The number of hydrogen-bond acceptors (Lipinski definition) is 5. The number of aliphatic hydroxyl groups is 1. The van der Waals surface area contributed by atoms with Crippen molar-refractivity contribution in [1.82, 2.24) is 19.5 Å². The lowest BCUT2D eigenvalue weighted by molar-refractivity contribution is 0.175. The molecule has 1 aliphatic rings. The zero-order valence-electron chi connectivity index (χ0n) is 14.0. The fourth-order valence-corrected chi connectivity index (χ4v) is 3.27. The van der Waals surface area contributed by atoms with E-state index in [-0.39, 0.29) is 12.1 Å². The van der Waals surface area contributed by atoms with E-state index >= 15 is 0 Å². The molecule has 1 aliphatic heterocycles. The zero-order chi connectivity index (χ0) is 18.1. The zero-order valence-corrected chi connectivity index (χ0v) is 14.0. The van der Waals surface area contributed by atoms with Gasteiger partial charge in [-0.15, -0.1) is 5.10 Å². The number of aliphatic hydroxyl groups excluding tert-OH is 1. The molecule has 134 valence electrons. The second-order valence-corrected chi connectivity index (χ2v) is 6.42. The highest BCUT2D eigenvalue weighted by atomic mass is 16.4. The number of likely N-dealkylation sites (tertiary alicyclic amines) is 1. The molecule has 0 bridgehead atoms. The third kappa shape index (κ3) is 3.37. The van der Waals surface area contributed by atoms with Crippen LogP contribution in [-0.2, 0) is 6.54 Å². The Kier molecular flexibility index (Phi) is 4.27. The van der Waals surface area contributed by atoms with Crippen LogP contribution in [0.1, 0.15) is 12.0 Å². The highest BCUT2D eigenvalue weighted by Crippen LogP contribution is 2.22. The van der Waals surface area contributed by atoms with Crippen LogP contribution in [0.4, 0.5) is 10.7 Å². The summed E-state index contributed by atoms with van der Waals surface area (Å²) in [4.78, 5) is 17.2. The van der Waals surface area contributed by atoms with Gasteiger partial charge in [0.25, 0.3) is 5.95 Å². The van der Waals surface area contributed by atoms with E-state index in [4.69, 9.17) is 5.11 Å². The van der Waals surface area contributed by atoms with Crippen molar-refractivity contribution in [2.24, 2.45) is 0 Å². The summed E-state index contributed by atoms with van der Waals surface area (Å²) in [6, 6.07) is 13.7. The van der Waals surface area contributed by atoms with Crippen molar-refractivity contribution in [1.29, 1.82) is 0 Å². The number of β-amino-alcohol motifs (C(OH)–C–C–N with tert-alkyl or cyclic N) is 1. The van der Waals surface area contributed by atoms with Crippen LogP contribution in [0.15, 0.2) is 42.5 Å². The number of nitrogens with zero attached hydrogens (tertiary/aromatic N) is 4. The van der Waals surface area contributed by atoms with Gasteiger partial charge < -0.3 is 10.2 Å². The summed E-state index contributed by atoms with van der Waals surface area (Å²) in [5, 5.41) is 24.8. The molecule has 8 nitrogen and oxygen atoms in total. The molecule has 0 saturated carbocycles. The second kappa shape index (κ2) is 6.74. The van der Waals surface area contributed by atoms with E-state index in [1.165, 1.54) is 5.56 Å². The molecule has 8 heteroatoms. The lowest BCUT2D eigenvalue weighted by Crippen LogP contribution is -2.21. The average Bonchev–Trinajstić information content (AvgIpc) is 3.20. The molecule has 1 saturated heterocycles. The van der Waals surface area contributed by atoms with Crippen molar-refractivity contribution in [3.05, 3.63) is 48.0 Å². The summed E-state index contributed by atoms with van der Waals surface area (Å²) < 4.78 is 1.62. The summed E-state index contributed by atoms with van der Waals surface area (Å²) in [6.07, 6.45) is -0.578. The molecule has 0 radical (unpaired) electrons. The van der Waals surface area contributed by atoms with E-state index in [9.17, 15) is 9.90 Å². The Bertz CT molecular complexity index is 938. The molecule has 1 fully saturated rings. The maximum Gasteiger partial charge on any atom is 0.411 e. The molecule has 4 rings (SSSR count). The number of carboxylic acid groups (broad SMARTS) is 1. The predicted octanol–water partition coefficient (Wildman–Crippen LogP) is 2.05. The highest BCUT2D eigenvalue weighted by molar-refractivity contribution is 5.80. The topological polar surface area (TPSA) is 103 Å². The molecular weight excluding hydrogens is 334 g/mol. The van der Waals surface area contributed by atoms with Gasteiger partial charge in [0.1, 0.15) is 0 Å². The van der Waals surface area contributed by atoms with Crippen LogP contribution in [0.3, 0.4) is 0 Å². The lowest BCUT2D eigenvalue weighted by atomic mass is 10.1. The number of carbonyl (C=O) groups is 1. The molecule has 0 unspecified atom stereocenters. The Morgan fingerprint density at radius 3 is 2.73 bits per heavy atom. The van der Waals surface area contributed by atoms with Crippen LogP contribution in [0.2, 0.25) is 0 Å². The van der Waals surface area contributed by atoms with Gasteiger partial charge in [-0.25, -0.2) is 9.31 Å². The predicted molar refractivity (Wildman–Crippen MR) is 96.0 cm³/mol. The molecule has 2 aromatic heterocycles. The Morgan fingerprint density at radius 2 is 2.04 bits per heavy atom. The number of amides is 1. The van der Waals surface area contributed by atoms with E-state index in [1.807, 2.05) is 24.3 Å². The maximum atomic E-state index is 10.8. The number of rotatable bonds is 4. The number of nitrogens with one attached hydrogen (secondary N) is 1. The van der Waals surface area contributed by atoms with Crippen molar-refractivity contribution in [3.8, 4) is 11.3 Å². The number of pyridine rings is 1. The molecule has 1 amide bonds. The Morgan fingerprint density at radius 1 is 1.23 bits per heavy atom. The van der Waals surface area contributed by atoms with Crippen molar-refractivity contribution in [2.45, 2.75) is 19.1 Å². The molecule has 0 aliphatic carbocycles. The third-order valence-electron chi connectivity index (χ3n) is 4.48. The number of hydrogen-bond donors (Lipinski definition) is 3. The first-order valence-electron chi connectivity index (χ1n) is 8.44. The molecule has 3 N–H and O–H groups in total. The number of benzene rings is 1. The summed E-state index contributed by atoms with van der Waals surface area (Å²) >= 11 is 0. The van der Waals surface area contributed by atoms with Crippen LogP contribution in [0.25, 0.3) is 16.9 Å². The lowest BCUT2D eigenvalue weighted by Gasteiger charge is -2.15. The maximum absolute atomic E-state index is 10.8. The Hall–Kier alpha value is -2.97. The molecular formula is C18H19N5O3. The van der Waals surface area contributed by atoms with E-state index in [0.29, 0.717) is 5.65 Å². The fraction of sp³-hybridized carbons (Fsp3) is 0.278. The first-order chi connectivity index (χ1) is 12.6. The van der Waals surface area contributed by atoms with Crippen molar-refractivity contribution in [2.75, 3.05) is 18.4 Å². The summed E-state index contributed by atoms with van der Waals surface area (Å²) in [7, 11) is 0. The fourth-order valence-electron chi connectivity index (χ4n) is 3.27. The van der Waals surface area contributed by atoms with Gasteiger partial charge in [0.2, 0.25) is 0 Å². The third-order valence-corrected chi connectivity index (χ3v) is 4.48. The number of aromatic nitrogens is 3. The van der Waals surface area contributed by atoms with Gasteiger partial charge in [0.05, 0.1) is 11.8 Å². The molecule has 0 spiro atoms. The van der Waals surface area contributed by atoms with Crippen LogP contribution in [0, 0.1) is 0 Å². The Balaban J connectivity index is 1.58. The van der Waals surface area contributed by atoms with Crippen LogP contribution >= 0.6 is 0 Å². The van der Waals surface area contributed by atoms with E-state index in [1.54, 1.807) is 10.6 Å². The van der Waals surface area contributed by atoms with Crippen molar-refractivity contribution >= 4 is 17.7 Å². The van der Waals surface area contributed by atoms with Crippen molar-refractivity contribution in [3.63, 3.8) is 0 Å². The van der Waals surface area contributed by atoms with Gasteiger partial charge in [-0.1, -0.05) is 30.3 Å². The van der Waals surface area contributed by atoms with E-state index < -0.39 is 6.09 Å². The van der Waals surface area contributed by atoms with Gasteiger partial charge in [0.15, 0.2) is 5.65 Å². The minimum atomic E-state index is -1.20. The van der Waals surface area contributed by atoms with Crippen LogP contribution in [-0.4, -0.2) is 55.0 Å². The van der Waals surface area contributed by atoms with E-state index in [0.717, 1.165) is 37.3 Å². The number of fused-ring (bicyclic) bond motifs is 1. The smallest absolute Gasteiger partial charge is 0.411 e. The molecule has 1 aromatic carbocycles. The summed E-state index contributed by atoms with van der Waals surface area (Å²) in [5.41, 5.74) is 3.55. The number of anilines is 1. The quantitative estimate of drug-likeness (QED) is 0.663. The van der Waals surface area contributed by atoms with E-state index in [2.05, 4.69) is 32.4 Å². The summed E-state index contributed by atoms with van der Waals surface area (Å²) in [5.74, 6) is 0.0501. The summed E-state index contributed by atoms with van der Waals surface area (Å²) in [6.45, 7) is 2.46. The second-order valence-electron chi connectivity index (χ2n) is 6.42. The van der Waals surface area contributed by atoms with Gasteiger partial charge in [-0.3, -0.25) is 10.2 Å². The SMILES string of the molecule is O=C(O)Nc1nc2cccc(-c3ccc(CN4CC[C@@H](O)C4)cc3)n2n1. The van der Waals surface area contributed by atoms with Crippen LogP contribution < -0.4 is 5.32 Å². The molecule has 3 aromatic rings. The largest absolute Gasteiger partial charge is 0.465 e. The molecule has 3 heterocycles. The van der Waals surface area contributed by atoms with Crippen LogP contribution in [0.5, 0.6) is 0 Å². The highest BCUT2D eigenvalue weighted by Gasteiger charge is 2.20. The standard InChI is InChI=1S/C18H19N5O3/c24-14-8-9-22(11-14)10-12-4-6-13(7-5-12)15-2-1-3-16-19-17(20-18(25)26)21-23(15)16/h1-7,14,24H,8-11H2,(H,20,21)(H,25,26)/t14-/m1/s1. The normalized spacial score (nSPS) is 17.7.